The Morgan fingerprint density at radius 2 is 1.62 bits per heavy atom. The van der Waals surface area contributed by atoms with E-state index in [-0.39, 0.29) is 29.6 Å². The molecule has 4 rings (SSSR count). The third kappa shape index (κ3) is 3.04. The van der Waals surface area contributed by atoms with Crippen LogP contribution < -0.4 is 0 Å². The average Bonchev–Trinajstić information content (AvgIpc) is 2.93. The Kier molecular flexibility index (Phi) is 5.05. The highest BCUT2D eigenvalue weighted by Crippen LogP contribution is 2.67. The van der Waals surface area contributed by atoms with E-state index in [1.54, 1.807) is 0 Å². The molecule has 0 aromatic heterocycles. The zero-order valence-electron chi connectivity index (χ0n) is 18.1. The highest BCUT2D eigenvalue weighted by Gasteiger charge is 2.68. The molecule has 4 aliphatic carbocycles. The third-order valence-electron chi connectivity index (χ3n) is 9.37. The molecule has 0 aliphatic heterocycles. The van der Waals surface area contributed by atoms with Gasteiger partial charge in [-0.25, -0.2) is 0 Å². The molecule has 6 nitrogen and oxygen atoms in total. The summed E-state index contributed by atoms with van der Waals surface area (Å²) < 4.78 is 11.1. The normalized spacial score (nSPS) is 51.4. The molecule has 2 N–H and O–H groups in total. The molecule has 0 bridgehead atoms. The smallest absolute Gasteiger partial charge is 0.302 e. The molecule has 6 heteroatoms. The summed E-state index contributed by atoms with van der Waals surface area (Å²) in [5.74, 6) is 0.491. The number of carbonyl (C=O) groups excluding carboxylic acids is 2. The number of esters is 2. The van der Waals surface area contributed by atoms with Gasteiger partial charge < -0.3 is 19.7 Å². The fraction of sp³-hybridized carbons (Fsp3) is 0.913. The van der Waals surface area contributed by atoms with Gasteiger partial charge in [-0.2, -0.15) is 0 Å². The van der Waals surface area contributed by atoms with E-state index in [9.17, 15) is 19.8 Å². The minimum atomic E-state index is -1.23. The number of carbonyl (C=O) groups is 2. The van der Waals surface area contributed by atoms with E-state index in [4.69, 9.17) is 9.47 Å². The van der Waals surface area contributed by atoms with Crippen molar-refractivity contribution < 1.29 is 29.3 Å². The second kappa shape index (κ2) is 6.94. The molecule has 4 saturated carbocycles. The standard InChI is InChI=1S/C23H36O6/c1-13(24)28-15-7-10-22(4)18-8-9-21(3)17(5-6-20(21)29-14(2)25)16(18)11-19(26)23(22,27)12-15/h15-20,26-27H,5-12H2,1-4H3/t15?,16?,17?,18?,19?,20?,21?,22?,23-/m0/s1. The van der Waals surface area contributed by atoms with Crippen molar-refractivity contribution in [2.24, 2.45) is 28.6 Å². The lowest BCUT2D eigenvalue weighted by atomic mass is 9.43. The first kappa shape index (κ1) is 21.1. The topological polar surface area (TPSA) is 93.1 Å². The van der Waals surface area contributed by atoms with Gasteiger partial charge in [0.2, 0.25) is 0 Å². The highest BCUT2D eigenvalue weighted by atomic mass is 16.5. The molecule has 0 saturated heterocycles. The van der Waals surface area contributed by atoms with Crippen molar-refractivity contribution in [1.29, 1.82) is 0 Å². The van der Waals surface area contributed by atoms with E-state index < -0.39 is 17.1 Å². The average molecular weight is 409 g/mol. The Balaban J connectivity index is 1.60. The molecule has 4 aliphatic rings. The monoisotopic (exact) mass is 408 g/mol. The van der Waals surface area contributed by atoms with Crippen molar-refractivity contribution in [2.45, 2.75) is 103 Å². The van der Waals surface area contributed by atoms with Crippen LogP contribution in [0.3, 0.4) is 0 Å². The number of hydrogen-bond acceptors (Lipinski definition) is 6. The first-order chi connectivity index (χ1) is 13.5. The van der Waals surface area contributed by atoms with Crippen LogP contribution in [-0.4, -0.2) is 46.1 Å². The molecule has 9 atom stereocenters. The molecular weight excluding hydrogens is 372 g/mol. The van der Waals surface area contributed by atoms with Gasteiger partial charge in [-0.1, -0.05) is 13.8 Å². The van der Waals surface area contributed by atoms with Crippen LogP contribution >= 0.6 is 0 Å². The molecule has 8 unspecified atom stereocenters. The van der Waals surface area contributed by atoms with Gasteiger partial charge in [0.25, 0.3) is 0 Å². The van der Waals surface area contributed by atoms with Gasteiger partial charge in [0.05, 0.1) is 11.7 Å². The van der Waals surface area contributed by atoms with Gasteiger partial charge in [0, 0.05) is 31.1 Å². The summed E-state index contributed by atoms with van der Waals surface area (Å²) in [6, 6.07) is 0. The third-order valence-corrected chi connectivity index (χ3v) is 9.37. The molecule has 0 radical (unpaired) electrons. The van der Waals surface area contributed by atoms with Crippen LogP contribution in [-0.2, 0) is 19.1 Å². The van der Waals surface area contributed by atoms with Gasteiger partial charge in [-0.15, -0.1) is 0 Å². The molecule has 164 valence electrons. The maximum atomic E-state index is 11.7. The van der Waals surface area contributed by atoms with Gasteiger partial charge >= 0.3 is 11.9 Å². The first-order valence-electron chi connectivity index (χ1n) is 11.3. The zero-order valence-corrected chi connectivity index (χ0v) is 18.1. The lowest BCUT2D eigenvalue weighted by Gasteiger charge is -2.65. The first-order valence-corrected chi connectivity index (χ1v) is 11.3. The largest absolute Gasteiger partial charge is 0.462 e. The van der Waals surface area contributed by atoms with Crippen LogP contribution in [0.1, 0.15) is 79.1 Å². The summed E-state index contributed by atoms with van der Waals surface area (Å²) >= 11 is 0. The summed E-state index contributed by atoms with van der Waals surface area (Å²) in [5, 5.41) is 22.9. The molecule has 29 heavy (non-hydrogen) atoms. The molecule has 0 aromatic rings. The molecule has 0 heterocycles. The number of rotatable bonds is 2. The van der Waals surface area contributed by atoms with E-state index in [1.165, 1.54) is 13.8 Å². The Morgan fingerprint density at radius 1 is 0.931 bits per heavy atom. The van der Waals surface area contributed by atoms with E-state index in [2.05, 4.69) is 13.8 Å². The molecule has 0 aromatic carbocycles. The molecule has 0 spiro atoms. The Labute approximate surface area is 173 Å². The highest BCUT2D eigenvalue weighted by molar-refractivity contribution is 5.66. The summed E-state index contributed by atoms with van der Waals surface area (Å²) in [4.78, 5) is 23.0. The van der Waals surface area contributed by atoms with E-state index in [1.807, 2.05) is 0 Å². The summed E-state index contributed by atoms with van der Waals surface area (Å²) in [7, 11) is 0. The molecule has 4 fully saturated rings. The van der Waals surface area contributed by atoms with Crippen molar-refractivity contribution in [1.82, 2.24) is 0 Å². The lowest BCUT2D eigenvalue weighted by Crippen LogP contribution is -2.68. The van der Waals surface area contributed by atoms with Crippen LogP contribution in [0.15, 0.2) is 0 Å². The molecular formula is C23H36O6. The van der Waals surface area contributed by atoms with Crippen molar-refractivity contribution >= 4 is 11.9 Å². The summed E-state index contributed by atoms with van der Waals surface area (Å²) in [6.45, 7) is 7.27. The van der Waals surface area contributed by atoms with Crippen LogP contribution in [0.2, 0.25) is 0 Å². The minimum absolute atomic E-state index is 0.0450. The van der Waals surface area contributed by atoms with Crippen LogP contribution in [0.25, 0.3) is 0 Å². The van der Waals surface area contributed by atoms with Crippen molar-refractivity contribution in [2.75, 3.05) is 0 Å². The van der Waals surface area contributed by atoms with Gasteiger partial charge in [-0.05, 0) is 62.7 Å². The van der Waals surface area contributed by atoms with Crippen LogP contribution in [0.4, 0.5) is 0 Å². The van der Waals surface area contributed by atoms with Gasteiger partial charge in [-0.3, -0.25) is 9.59 Å². The van der Waals surface area contributed by atoms with Crippen LogP contribution in [0, 0.1) is 28.6 Å². The maximum Gasteiger partial charge on any atom is 0.302 e. The van der Waals surface area contributed by atoms with E-state index >= 15 is 0 Å². The Hall–Kier alpha value is -1.14. The van der Waals surface area contributed by atoms with E-state index in [0.29, 0.717) is 30.6 Å². The van der Waals surface area contributed by atoms with E-state index in [0.717, 1.165) is 38.5 Å². The van der Waals surface area contributed by atoms with Gasteiger partial charge in [0.15, 0.2) is 0 Å². The summed E-state index contributed by atoms with van der Waals surface area (Å²) in [6.07, 6.45) is 4.99. The zero-order chi connectivity index (χ0) is 21.2. The fourth-order valence-corrected chi connectivity index (χ4v) is 7.92. The second-order valence-corrected chi connectivity index (χ2v) is 10.7. The van der Waals surface area contributed by atoms with Crippen molar-refractivity contribution in [3.8, 4) is 0 Å². The van der Waals surface area contributed by atoms with Gasteiger partial charge in [0.1, 0.15) is 12.2 Å². The fourth-order valence-electron chi connectivity index (χ4n) is 7.92. The van der Waals surface area contributed by atoms with Crippen LogP contribution in [0.5, 0.6) is 0 Å². The molecule has 0 amide bonds. The number of aliphatic hydroxyl groups is 2. The van der Waals surface area contributed by atoms with Crippen molar-refractivity contribution in [3.05, 3.63) is 0 Å². The SMILES string of the molecule is CC(=O)OC1CCC2(C)C3CCC4(C)C(OC(C)=O)CCC4C3CC(O)[C@@]2(O)C1. The quantitative estimate of drug-likeness (QED) is 0.683. The minimum Gasteiger partial charge on any atom is -0.462 e. The predicted molar refractivity (Wildman–Crippen MR) is 106 cm³/mol. The Morgan fingerprint density at radius 3 is 2.28 bits per heavy atom. The lowest BCUT2D eigenvalue weighted by molar-refractivity contribution is -0.267. The maximum absolute atomic E-state index is 11.7. The second-order valence-electron chi connectivity index (χ2n) is 10.7. The Bertz CT molecular complexity index is 693. The predicted octanol–water partition coefficient (Wildman–Crippen LogP) is 2.98. The summed E-state index contributed by atoms with van der Waals surface area (Å²) in [5.41, 5.74) is -1.67. The number of fused-ring (bicyclic) bond motifs is 5. The number of hydrogen-bond donors (Lipinski definition) is 2. The number of ether oxygens (including phenoxy) is 2. The number of aliphatic hydroxyl groups excluding tert-OH is 1. The van der Waals surface area contributed by atoms with Crippen molar-refractivity contribution in [3.63, 3.8) is 0 Å².